The van der Waals surface area contributed by atoms with E-state index in [1.807, 2.05) is 37.3 Å². The Morgan fingerprint density at radius 3 is 2.38 bits per heavy atom. The molecule has 0 spiro atoms. The van der Waals surface area contributed by atoms with Gasteiger partial charge in [0.2, 0.25) is 5.91 Å². The number of carbonyl (C=O) groups excluding carboxylic acids is 2. The SMILES string of the molecule is CCOCCC(CC1(C(=O)NC2CCC(C(=O)OCc3ccccc3)CC2)CCCC1)C(=O)O. The summed E-state index contributed by atoms with van der Waals surface area (Å²) in [5.41, 5.74) is 0.361. The maximum atomic E-state index is 13.4. The number of carbonyl (C=O) groups is 3. The van der Waals surface area contributed by atoms with Crippen molar-refractivity contribution in [1.29, 1.82) is 0 Å². The van der Waals surface area contributed by atoms with E-state index in [-0.39, 0.29) is 30.4 Å². The van der Waals surface area contributed by atoms with E-state index in [2.05, 4.69) is 5.32 Å². The van der Waals surface area contributed by atoms with Crippen LogP contribution in [0.3, 0.4) is 0 Å². The van der Waals surface area contributed by atoms with E-state index >= 15 is 0 Å². The first-order valence-corrected chi connectivity index (χ1v) is 12.8. The van der Waals surface area contributed by atoms with Gasteiger partial charge >= 0.3 is 11.9 Å². The molecule has 0 aliphatic heterocycles. The van der Waals surface area contributed by atoms with Crippen LogP contribution < -0.4 is 5.32 Å². The van der Waals surface area contributed by atoms with Gasteiger partial charge in [0.25, 0.3) is 0 Å². The van der Waals surface area contributed by atoms with Crippen LogP contribution in [0.1, 0.15) is 76.7 Å². The highest BCUT2D eigenvalue weighted by atomic mass is 16.5. The molecule has 1 aromatic rings. The Morgan fingerprint density at radius 2 is 1.76 bits per heavy atom. The molecule has 2 fully saturated rings. The standard InChI is InChI=1S/C27H39NO6/c1-2-33-17-14-22(24(29)30)18-27(15-6-7-16-27)26(32)28-23-12-10-21(11-13-23)25(31)34-19-20-8-4-3-5-9-20/h3-5,8-9,21-23H,2,6-7,10-19H2,1H3,(H,28,32)(H,29,30). The van der Waals surface area contributed by atoms with Crippen molar-refractivity contribution in [2.45, 2.75) is 83.8 Å². The molecule has 0 radical (unpaired) electrons. The quantitative estimate of drug-likeness (QED) is 0.343. The minimum Gasteiger partial charge on any atom is -0.481 e. The van der Waals surface area contributed by atoms with E-state index in [4.69, 9.17) is 9.47 Å². The maximum absolute atomic E-state index is 13.4. The van der Waals surface area contributed by atoms with Crippen LogP contribution in [0.25, 0.3) is 0 Å². The van der Waals surface area contributed by atoms with Gasteiger partial charge in [-0.2, -0.15) is 0 Å². The van der Waals surface area contributed by atoms with Crippen LogP contribution in [-0.2, 0) is 30.5 Å². The number of ether oxygens (including phenoxy) is 2. The molecule has 1 aromatic carbocycles. The fourth-order valence-corrected chi connectivity index (χ4v) is 5.39. The molecule has 7 nitrogen and oxygen atoms in total. The number of carboxylic acids is 1. The lowest BCUT2D eigenvalue weighted by Crippen LogP contribution is -2.47. The monoisotopic (exact) mass is 473 g/mol. The minimum absolute atomic E-state index is 0.0113. The first-order valence-electron chi connectivity index (χ1n) is 12.8. The summed E-state index contributed by atoms with van der Waals surface area (Å²) >= 11 is 0. The summed E-state index contributed by atoms with van der Waals surface area (Å²) in [5, 5.41) is 12.9. The molecule has 1 unspecified atom stereocenters. The predicted octanol–water partition coefficient (Wildman–Crippen LogP) is 4.48. The lowest BCUT2D eigenvalue weighted by Gasteiger charge is -2.34. The van der Waals surface area contributed by atoms with Gasteiger partial charge in [-0.25, -0.2) is 0 Å². The maximum Gasteiger partial charge on any atom is 0.309 e. The summed E-state index contributed by atoms with van der Waals surface area (Å²) in [7, 11) is 0. The van der Waals surface area contributed by atoms with Gasteiger partial charge in [0.1, 0.15) is 6.61 Å². The summed E-state index contributed by atoms with van der Waals surface area (Å²) in [4.78, 5) is 37.7. The van der Waals surface area contributed by atoms with Gasteiger partial charge < -0.3 is 19.9 Å². The molecule has 3 rings (SSSR count). The van der Waals surface area contributed by atoms with Crippen molar-refractivity contribution < 1.29 is 29.0 Å². The van der Waals surface area contributed by atoms with Crippen molar-refractivity contribution in [3.8, 4) is 0 Å². The number of rotatable bonds is 12. The number of carboxylic acid groups (broad SMARTS) is 1. The number of amides is 1. The van der Waals surface area contributed by atoms with Crippen molar-refractivity contribution in [2.75, 3.05) is 13.2 Å². The van der Waals surface area contributed by atoms with E-state index in [1.165, 1.54) is 0 Å². The molecule has 34 heavy (non-hydrogen) atoms. The first kappa shape index (κ1) is 26.2. The fourth-order valence-electron chi connectivity index (χ4n) is 5.39. The van der Waals surface area contributed by atoms with Crippen LogP contribution in [0, 0.1) is 17.3 Å². The van der Waals surface area contributed by atoms with E-state index in [0.29, 0.717) is 38.9 Å². The molecule has 188 valence electrons. The number of aliphatic carboxylic acids is 1. The smallest absolute Gasteiger partial charge is 0.309 e. The molecule has 0 aromatic heterocycles. The van der Waals surface area contributed by atoms with Crippen molar-refractivity contribution in [1.82, 2.24) is 5.32 Å². The third-order valence-electron chi connectivity index (χ3n) is 7.46. The van der Waals surface area contributed by atoms with Crippen LogP contribution >= 0.6 is 0 Å². The van der Waals surface area contributed by atoms with Crippen LogP contribution in [-0.4, -0.2) is 42.2 Å². The van der Waals surface area contributed by atoms with Crippen LogP contribution in [0.4, 0.5) is 0 Å². The van der Waals surface area contributed by atoms with Gasteiger partial charge in [-0.15, -0.1) is 0 Å². The van der Waals surface area contributed by atoms with Gasteiger partial charge in [-0.1, -0.05) is 43.2 Å². The van der Waals surface area contributed by atoms with Crippen LogP contribution in [0.5, 0.6) is 0 Å². The Bertz CT molecular complexity index is 797. The topological polar surface area (TPSA) is 102 Å². The highest BCUT2D eigenvalue weighted by Gasteiger charge is 2.44. The molecule has 2 aliphatic carbocycles. The lowest BCUT2D eigenvalue weighted by molar-refractivity contribution is -0.151. The van der Waals surface area contributed by atoms with E-state index < -0.39 is 17.3 Å². The molecule has 2 aliphatic rings. The fraction of sp³-hybridized carbons (Fsp3) is 0.667. The Labute approximate surface area is 202 Å². The molecule has 0 saturated heterocycles. The predicted molar refractivity (Wildman–Crippen MR) is 128 cm³/mol. The molecule has 2 saturated carbocycles. The van der Waals surface area contributed by atoms with Crippen molar-refractivity contribution >= 4 is 17.8 Å². The number of benzene rings is 1. The molecule has 1 atom stereocenters. The van der Waals surface area contributed by atoms with Crippen molar-refractivity contribution in [3.05, 3.63) is 35.9 Å². The Balaban J connectivity index is 1.49. The third-order valence-corrected chi connectivity index (χ3v) is 7.46. The molecule has 7 heteroatoms. The zero-order valence-electron chi connectivity index (χ0n) is 20.3. The summed E-state index contributed by atoms with van der Waals surface area (Å²) in [6, 6.07) is 9.67. The minimum atomic E-state index is -0.853. The number of hydrogen-bond acceptors (Lipinski definition) is 5. The first-order chi connectivity index (χ1) is 16.4. The largest absolute Gasteiger partial charge is 0.481 e. The Morgan fingerprint density at radius 1 is 1.09 bits per heavy atom. The Hall–Kier alpha value is -2.41. The summed E-state index contributed by atoms with van der Waals surface area (Å²) < 4.78 is 10.9. The Kier molecular flexibility index (Phi) is 9.93. The van der Waals surface area contributed by atoms with Gasteiger partial charge in [-0.05, 0) is 63.9 Å². The second kappa shape index (κ2) is 12.9. The molecular formula is C27H39NO6. The third kappa shape index (κ3) is 7.29. The molecule has 1 amide bonds. The van der Waals surface area contributed by atoms with E-state index in [1.54, 1.807) is 0 Å². The molecular weight excluding hydrogens is 434 g/mol. The zero-order chi connectivity index (χ0) is 24.4. The summed E-state index contributed by atoms with van der Waals surface area (Å²) in [5.74, 6) is -1.74. The van der Waals surface area contributed by atoms with Gasteiger partial charge in [0.05, 0.1) is 17.3 Å². The van der Waals surface area contributed by atoms with Crippen LogP contribution in [0.15, 0.2) is 30.3 Å². The molecule has 2 N–H and O–H groups in total. The second-order valence-electron chi connectivity index (χ2n) is 9.83. The zero-order valence-corrected chi connectivity index (χ0v) is 20.3. The van der Waals surface area contributed by atoms with E-state index in [0.717, 1.165) is 44.1 Å². The number of esters is 1. The van der Waals surface area contributed by atoms with E-state index in [9.17, 15) is 19.5 Å². The van der Waals surface area contributed by atoms with Crippen LogP contribution in [0.2, 0.25) is 0 Å². The number of hydrogen-bond donors (Lipinski definition) is 2. The molecule has 0 bridgehead atoms. The molecule has 0 heterocycles. The normalized spacial score (nSPS) is 22.6. The average Bonchev–Trinajstić information content (AvgIpc) is 3.33. The highest BCUT2D eigenvalue weighted by molar-refractivity contribution is 5.84. The highest BCUT2D eigenvalue weighted by Crippen LogP contribution is 2.44. The van der Waals surface area contributed by atoms with Gasteiger partial charge in [-0.3, -0.25) is 14.4 Å². The summed E-state index contributed by atoms with van der Waals surface area (Å²) in [6.45, 7) is 3.13. The lowest BCUT2D eigenvalue weighted by atomic mass is 9.75. The average molecular weight is 474 g/mol. The van der Waals surface area contributed by atoms with Gasteiger partial charge in [0.15, 0.2) is 0 Å². The van der Waals surface area contributed by atoms with Crippen molar-refractivity contribution in [3.63, 3.8) is 0 Å². The van der Waals surface area contributed by atoms with Crippen molar-refractivity contribution in [2.24, 2.45) is 17.3 Å². The van der Waals surface area contributed by atoms with Gasteiger partial charge in [0, 0.05) is 19.3 Å². The second-order valence-corrected chi connectivity index (χ2v) is 9.83. The number of nitrogens with one attached hydrogen (secondary N) is 1. The summed E-state index contributed by atoms with van der Waals surface area (Å²) in [6.07, 6.45) is 7.01.